The number of furan rings is 1. The van der Waals surface area contributed by atoms with Crippen LogP contribution in [0.3, 0.4) is 0 Å². The normalized spacial score (nSPS) is 11.5. The summed E-state index contributed by atoms with van der Waals surface area (Å²) in [7, 11) is 1.74. The molecule has 0 aliphatic heterocycles. The number of hydrogen-bond acceptors (Lipinski definition) is 3. The fraction of sp³-hybridized carbons (Fsp3) is 0.304. The van der Waals surface area contributed by atoms with Crippen LogP contribution < -0.4 is 16.0 Å². The fourth-order valence-electron chi connectivity index (χ4n) is 3.17. The standard InChI is InChI=1S/C23H28N4O2/c1-4-8-22(28)27-18-10-7-9-17(13-18)14-25-23(24-3)26-15-21-16(2)19-11-5-6-12-20(19)29-21/h5-7,9-13H,4,8,14-15H2,1-3H3,(H,27,28)(H2,24,25,26). The summed E-state index contributed by atoms with van der Waals surface area (Å²) in [5.74, 6) is 1.62. The molecule has 2 aromatic carbocycles. The van der Waals surface area contributed by atoms with Gasteiger partial charge in [-0.25, -0.2) is 0 Å². The number of amides is 1. The van der Waals surface area contributed by atoms with Crippen molar-refractivity contribution in [2.45, 2.75) is 39.8 Å². The van der Waals surface area contributed by atoms with Crippen LogP contribution in [0.15, 0.2) is 57.9 Å². The molecule has 29 heavy (non-hydrogen) atoms. The van der Waals surface area contributed by atoms with E-state index in [-0.39, 0.29) is 5.91 Å². The number of carbonyl (C=O) groups excluding carboxylic acids is 1. The lowest BCUT2D eigenvalue weighted by atomic mass is 10.1. The maximum Gasteiger partial charge on any atom is 0.224 e. The third-order valence-electron chi connectivity index (χ3n) is 4.73. The molecule has 0 spiro atoms. The first-order valence-corrected chi connectivity index (χ1v) is 9.91. The monoisotopic (exact) mass is 392 g/mol. The molecule has 0 aliphatic rings. The molecule has 3 N–H and O–H groups in total. The van der Waals surface area contributed by atoms with Gasteiger partial charge >= 0.3 is 0 Å². The number of aliphatic imine (C=N–C) groups is 1. The Bertz CT molecular complexity index is 1010. The summed E-state index contributed by atoms with van der Waals surface area (Å²) in [4.78, 5) is 16.1. The molecule has 0 atom stereocenters. The maximum absolute atomic E-state index is 11.8. The number of benzene rings is 2. The molecule has 3 aromatic rings. The molecule has 0 aliphatic carbocycles. The number of anilines is 1. The van der Waals surface area contributed by atoms with Crippen molar-refractivity contribution >= 4 is 28.5 Å². The Morgan fingerprint density at radius 3 is 2.62 bits per heavy atom. The maximum atomic E-state index is 11.8. The topological polar surface area (TPSA) is 78.7 Å². The molecule has 0 saturated heterocycles. The van der Waals surface area contributed by atoms with Crippen molar-refractivity contribution in [1.82, 2.24) is 10.6 Å². The van der Waals surface area contributed by atoms with E-state index in [1.54, 1.807) is 7.05 Å². The van der Waals surface area contributed by atoms with E-state index in [4.69, 9.17) is 4.42 Å². The predicted molar refractivity (Wildman–Crippen MR) is 118 cm³/mol. The summed E-state index contributed by atoms with van der Waals surface area (Å²) in [6.07, 6.45) is 1.36. The molecule has 0 radical (unpaired) electrons. The molecule has 1 amide bonds. The summed E-state index contributed by atoms with van der Waals surface area (Å²) >= 11 is 0. The molecule has 0 saturated carbocycles. The summed E-state index contributed by atoms with van der Waals surface area (Å²) in [5.41, 5.74) is 3.90. The Balaban J connectivity index is 1.56. The van der Waals surface area contributed by atoms with Gasteiger partial charge in [0.1, 0.15) is 11.3 Å². The van der Waals surface area contributed by atoms with Crippen LogP contribution in [0.4, 0.5) is 5.69 Å². The van der Waals surface area contributed by atoms with Crippen LogP contribution in [0.1, 0.15) is 36.7 Å². The van der Waals surface area contributed by atoms with Gasteiger partial charge < -0.3 is 20.4 Å². The fourth-order valence-corrected chi connectivity index (χ4v) is 3.17. The van der Waals surface area contributed by atoms with Crippen molar-refractivity contribution in [1.29, 1.82) is 0 Å². The molecular formula is C23H28N4O2. The first-order chi connectivity index (χ1) is 14.1. The Morgan fingerprint density at radius 1 is 1.07 bits per heavy atom. The largest absolute Gasteiger partial charge is 0.459 e. The third kappa shape index (κ3) is 5.38. The van der Waals surface area contributed by atoms with Crippen LogP contribution in [-0.4, -0.2) is 18.9 Å². The van der Waals surface area contributed by atoms with E-state index in [0.717, 1.165) is 40.0 Å². The van der Waals surface area contributed by atoms with E-state index in [2.05, 4.69) is 33.9 Å². The zero-order valence-electron chi connectivity index (χ0n) is 17.2. The van der Waals surface area contributed by atoms with Gasteiger partial charge in [0, 0.05) is 36.7 Å². The molecule has 6 nitrogen and oxygen atoms in total. The number of guanidine groups is 1. The minimum absolute atomic E-state index is 0.0382. The summed E-state index contributed by atoms with van der Waals surface area (Å²) in [6.45, 7) is 5.20. The lowest BCUT2D eigenvalue weighted by Crippen LogP contribution is -2.36. The number of nitrogens with zero attached hydrogens (tertiary/aromatic N) is 1. The minimum atomic E-state index is 0.0382. The zero-order valence-corrected chi connectivity index (χ0v) is 17.2. The third-order valence-corrected chi connectivity index (χ3v) is 4.73. The molecule has 3 rings (SSSR count). The quantitative estimate of drug-likeness (QED) is 0.413. The SMILES string of the molecule is CCCC(=O)Nc1cccc(CNC(=NC)NCc2oc3ccccc3c2C)c1. The van der Waals surface area contributed by atoms with E-state index in [0.29, 0.717) is 25.5 Å². The number of fused-ring (bicyclic) bond motifs is 1. The lowest BCUT2D eigenvalue weighted by Gasteiger charge is -2.12. The van der Waals surface area contributed by atoms with Crippen molar-refractivity contribution in [3.05, 3.63) is 65.4 Å². The van der Waals surface area contributed by atoms with Crippen molar-refractivity contribution in [2.75, 3.05) is 12.4 Å². The highest BCUT2D eigenvalue weighted by Crippen LogP contribution is 2.24. The number of rotatable bonds is 7. The summed E-state index contributed by atoms with van der Waals surface area (Å²) in [6, 6.07) is 15.8. The second-order valence-corrected chi connectivity index (χ2v) is 6.92. The van der Waals surface area contributed by atoms with Gasteiger partial charge in [-0.15, -0.1) is 0 Å². The van der Waals surface area contributed by atoms with Gasteiger partial charge in [-0.05, 0) is 37.1 Å². The second-order valence-electron chi connectivity index (χ2n) is 6.92. The molecule has 1 heterocycles. The molecule has 0 bridgehead atoms. The van der Waals surface area contributed by atoms with Crippen LogP contribution >= 0.6 is 0 Å². The highest BCUT2D eigenvalue weighted by molar-refractivity contribution is 5.90. The van der Waals surface area contributed by atoms with E-state index in [1.807, 2.05) is 49.4 Å². The average Bonchev–Trinajstić information content (AvgIpc) is 3.04. The average molecular weight is 393 g/mol. The van der Waals surface area contributed by atoms with Gasteiger partial charge in [-0.3, -0.25) is 9.79 Å². The Kier molecular flexibility index (Phi) is 6.89. The van der Waals surface area contributed by atoms with E-state index in [9.17, 15) is 4.79 Å². The number of nitrogens with one attached hydrogen (secondary N) is 3. The van der Waals surface area contributed by atoms with Crippen LogP contribution in [0.5, 0.6) is 0 Å². The minimum Gasteiger partial charge on any atom is -0.459 e. The molecule has 1 aromatic heterocycles. The highest BCUT2D eigenvalue weighted by Gasteiger charge is 2.10. The molecular weight excluding hydrogens is 364 g/mol. The van der Waals surface area contributed by atoms with Crippen molar-refractivity contribution < 1.29 is 9.21 Å². The lowest BCUT2D eigenvalue weighted by molar-refractivity contribution is -0.116. The van der Waals surface area contributed by atoms with Crippen LogP contribution in [0.2, 0.25) is 0 Å². The smallest absolute Gasteiger partial charge is 0.224 e. The van der Waals surface area contributed by atoms with Crippen molar-refractivity contribution in [2.24, 2.45) is 4.99 Å². The predicted octanol–water partition coefficient (Wildman–Crippen LogP) is 4.35. The van der Waals surface area contributed by atoms with Gasteiger partial charge in [0.05, 0.1) is 6.54 Å². The van der Waals surface area contributed by atoms with Crippen molar-refractivity contribution in [3.8, 4) is 0 Å². The van der Waals surface area contributed by atoms with Gasteiger partial charge in [-0.1, -0.05) is 37.3 Å². The Hall–Kier alpha value is -3.28. The zero-order chi connectivity index (χ0) is 20.6. The first-order valence-electron chi connectivity index (χ1n) is 9.91. The molecule has 0 fully saturated rings. The van der Waals surface area contributed by atoms with Crippen LogP contribution in [0, 0.1) is 6.92 Å². The van der Waals surface area contributed by atoms with Gasteiger partial charge in [0.15, 0.2) is 5.96 Å². The van der Waals surface area contributed by atoms with Crippen molar-refractivity contribution in [3.63, 3.8) is 0 Å². The van der Waals surface area contributed by atoms with E-state index >= 15 is 0 Å². The Labute approximate surface area is 171 Å². The number of hydrogen-bond donors (Lipinski definition) is 3. The molecule has 0 unspecified atom stereocenters. The Morgan fingerprint density at radius 2 is 1.86 bits per heavy atom. The van der Waals surface area contributed by atoms with E-state index < -0.39 is 0 Å². The molecule has 152 valence electrons. The number of carbonyl (C=O) groups is 1. The highest BCUT2D eigenvalue weighted by atomic mass is 16.3. The molecule has 6 heteroatoms. The van der Waals surface area contributed by atoms with Crippen LogP contribution in [0.25, 0.3) is 11.0 Å². The first kappa shape index (κ1) is 20.5. The summed E-state index contributed by atoms with van der Waals surface area (Å²) in [5, 5.41) is 10.7. The number of para-hydroxylation sites is 1. The van der Waals surface area contributed by atoms with Crippen LogP contribution in [-0.2, 0) is 17.9 Å². The summed E-state index contributed by atoms with van der Waals surface area (Å²) < 4.78 is 5.94. The number of aryl methyl sites for hydroxylation is 1. The second kappa shape index (κ2) is 9.78. The van der Waals surface area contributed by atoms with E-state index in [1.165, 1.54) is 0 Å². The van der Waals surface area contributed by atoms with Gasteiger partial charge in [-0.2, -0.15) is 0 Å². The van der Waals surface area contributed by atoms with Gasteiger partial charge in [0.2, 0.25) is 5.91 Å². The van der Waals surface area contributed by atoms with Gasteiger partial charge in [0.25, 0.3) is 0 Å².